The molecule has 1 rings (SSSR count). The van der Waals surface area contributed by atoms with Crippen molar-refractivity contribution in [3.05, 3.63) is 30.9 Å². The number of aliphatic hydroxyl groups is 1. The summed E-state index contributed by atoms with van der Waals surface area (Å²) in [7, 11) is 1.91. The number of nitrogens with zero attached hydrogens (tertiary/aromatic N) is 2. The number of allylic oxidation sites excluding steroid dienone is 1. The van der Waals surface area contributed by atoms with Gasteiger partial charge >= 0.3 is 0 Å². The van der Waals surface area contributed by atoms with Crippen molar-refractivity contribution in [2.45, 2.75) is 38.2 Å². The number of unbranched alkanes of at least 4 members (excludes halogenated alkanes) is 3. The quantitative estimate of drug-likeness (QED) is 0.552. The first kappa shape index (κ1) is 12.0. The maximum atomic E-state index is 9.84. The van der Waals surface area contributed by atoms with Crippen molar-refractivity contribution in [2.75, 3.05) is 0 Å². The van der Waals surface area contributed by atoms with Gasteiger partial charge in [0.25, 0.3) is 0 Å². The van der Waals surface area contributed by atoms with Crippen LogP contribution in [0.1, 0.15) is 44.0 Å². The van der Waals surface area contributed by atoms with Crippen LogP contribution in [0.2, 0.25) is 0 Å². The zero-order valence-electron chi connectivity index (χ0n) is 9.39. The lowest BCUT2D eigenvalue weighted by atomic mass is 10.1. The van der Waals surface area contributed by atoms with E-state index in [0.717, 1.165) is 37.9 Å². The molecule has 1 aromatic heterocycles. The van der Waals surface area contributed by atoms with Crippen LogP contribution >= 0.6 is 0 Å². The van der Waals surface area contributed by atoms with Crippen LogP contribution in [-0.4, -0.2) is 14.7 Å². The number of rotatable bonds is 7. The van der Waals surface area contributed by atoms with Crippen molar-refractivity contribution in [2.24, 2.45) is 7.05 Å². The number of aryl methyl sites for hydroxylation is 1. The highest BCUT2D eigenvalue weighted by molar-refractivity contribution is 4.95. The van der Waals surface area contributed by atoms with Gasteiger partial charge in [0.05, 0.1) is 0 Å². The Morgan fingerprint density at radius 1 is 1.53 bits per heavy atom. The number of aromatic nitrogens is 2. The van der Waals surface area contributed by atoms with E-state index in [2.05, 4.69) is 11.6 Å². The highest BCUT2D eigenvalue weighted by atomic mass is 16.3. The molecule has 0 amide bonds. The van der Waals surface area contributed by atoms with Crippen LogP contribution in [0.4, 0.5) is 0 Å². The number of hydrogen-bond acceptors (Lipinski definition) is 2. The van der Waals surface area contributed by atoms with Crippen molar-refractivity contribution in [3.8, 4) is 0 Å². The fraction of sp³-hybridized carbons (Fsp3) is 0.583. The molecular formula is C12H20N2O. The van der Waals surface area contributed by atoms with Crippen molar-refractivity contribution in [3.63, 3.8) is 0 Å². The normalized spacial score (nSPS) is 12.7. The molecule has 0 aliphatic rings. The van der Waals surface area contributed by atoms with E-state index in [0.29, 0.717) is 0 Å². The van der Waals surface area contributed by atoms with Crippen molar-refractivity contribution in [1.82, 2.24) is 9.55 Å². The largest absolute Gasteiger partial charge is 0.385 e. The zero-order valence-corrected chi connectivity index (χ0v) is 9.39. The maximum absolute atomic E-state index is 9.84. The van der Waals surface area contributed by atoms with E-state index >= 15 is 0 Å². The predicted octanol–water partition coefficient (Wildman–Crippen LogP) is 2.59. The maximum Gasteiger partial charge on any atom is 0.137 e. The molecule has 1 heterocycles. The second kappa shape index (κ2) is 6.40. The van der Waals surface area contributed by atoms with E-state index in [1.807, 2.05) is 23.9 Å². The van der Waals surface area contributed by atoms with Gasteiger partial charge in [0.15, 0.2) is 0 Å². The summed E-state index contributed by atoms with van der Waals surface area (Å²) >= 11 is 0. The third kappa shape index (κ3) is 3.88. The molecule has 1 unspecified atom stereocenters. The van der Waals surface area contributed by atoms with E-state index in [1.54, 1.807) is 6.20 Å². The van der Waals surface area contributed by atoms with Gasteiger partial charge in [0.1, 0.15) is 11.9 Å². The first-order chi connectivity index (χ1) is 7.25. The van der Waals surface area contributed by atoms with Crippen molar-refractivity contribution < 1.29 is 5.11 Å². The van der Waals surface area contributed by atoms with Crippen LogP contribution < -0.4 is 0 Å². The molecule has 0 radical (unpaired) electrons. The Kier molecular flexibility index (Phi) is 5.12. The smallest absolute Gasteiger partial charge is 0.137 e. The van der Waals surface area contributed by atoms with Crippen LogP contribution in [-0.2, 0) is 7.05 Å². The van der Waals surface area contributed by atoms with E-state index in [-0.39, 0.29) is 0 Å². The van der Waals surface area contributed by atoms with Crippen LogP contribution in [0.3, 0.4) is 0 Å². The third-order valence-electron chi connectivity index (χ3n) is 2.54. The van der Waals surface area contributed by atoms with E-state index in [9.17, 15) is 5.11 Å². The molecular weight excluding hydrogens is 188 g/mol. The summed E-state index contributed by atoms with van der Waals surface area (Å²) in [5, 5.41) is 9.84. The minimum atomic E-state index is -0.422. The molecule has 15 heavy (non-hydrogen) atoms. The average Bonchev–Trinajstić information content (AvgIpc) is 2.64. The SMILES string of the molecule is C=CCCCCCC(O)c1nccn1C. The molecule has 3 heteroatoms. The molecule has 1 atom stereocenters. The summed E-state index contributed by atoms with van der Waals surface area (Å²) in [6.07, 6.45) is 10.3. The highest BCUT2D eigenvalue weighted by Gasteiger charge is 2.10. The van der Waals surface area contributed by atoms with Gasteiger partial charge in [-0.25, -0.2) is 4.98 Å². The van der Waals surface area contributed by atoms with Gasteiger partial charge in [-0.05, 0) is 19.3 Å². The summed E-state index contributed by atoms with van der Waals surface area (Å²) in [6.45, 7) is 3.68. The molecule has 1 aromatic rings. The second-order valence-electron chi connectivity index (χ2n) is 3.84. The van der Waals surface area contributed by atoms with Crippen LogP contribution in [0.15, 0.2) is 25.0 Å². The Balaban J connectivity index is 2.22. The van der Waals surface area contributed by atoms with Gasteiger partial charge in [-0.1, -0.05) is 18.9 Å². The molecule has 3 nitrogen and oxygen atoms in total. The first-order valence-corrected chi connectivity index (χ1v) is 5.52. The molecule has 1 N–H and O–H groups in total. The average molecular weight is 208 g/mol. The van der Waals surface area contributed by atoms with Gasteiger partial charge in [-0.15, -0.1) is 6.58 Å². The molecule has 0 spiro atoms. The van der Waals surface area contributed by atoms with E-state index in [1.165, 1.54) is 0 Å². The van der Waals surface area contributed by atoms with Gasteiger partial charge in [-0.3, -0.25) is 0 Å². The predicted molar refractivity (Wildman–Crippen MR) is 61.4 cm³/mol. The minimum Gasteiger partial charge on any atom is -0.385 e. The lowest BCUT2D eigenvalue weighted by Crippen LogP contribution is -2.05. The number of imidazole rings is 1. The Morgan fingerprint density at radius 2 is 2.33 bits per heavy atom. The fourth-order valence-electron chi connectivity index (χ4n) is 1.63. The summed E-state index contributed by atoms with van der Waals surface area (Å²) in [5.74, 6) is 0.763. The lowest BCUT2D eigenvalue weighted by molar-refractivity contribution is 0.150. The first-order valence-electron chi connectivity index (χ1n) is 5.52. The third-order valence-corrected chi connectivity index (χ3v) is 2.54. The van der Waals surface area contributed by atoms with Gasteiger partial charge in [0, 0.05) is 19.4 Å². The van der Waals surface area contributed by atoms with Gasteiger partial charge in [0.2, 0.25) is 0 Å². The Labute approximate surface area is 91.5 Å². The highest BCUT2D eigenvalue weighted by Crippen LogP contribution is 2.17. The molecule has 0 bridgehead atoms. The monoisotopic (exact) mass is 208 g/mol. The van der Waals surface area contributed by atoms with Crippen molar-refractivity contribution >= 4 is 0 Å². The van der Waals surface area contributed by atoms with Gasteiger partial charge in [-0.2, -0.15) is 0 Å². The summed E-state index contributed by atoms with van der Waals surface area (Å²) < 4.78 is 1.87. The summed E-state index contributed by atoms with van der Waals surface area (Å²) in [4.78, 5) is 4.13. The molecule has 0 aliphatic carbocycles. The molecule has 0 aromatic carbocycles. The summed E-state index contributed by atoms with van der Waals surface area (Å²) in [6, 6.07) is 0. The second-order valence-corrected chi connectivity index (χ2v) is 3.84. The molecule has 0 saturated carbocycles. The minimum absolute atomic E-state index is 0.422. The van der Waals surface area contributed by atoms with Crippen LogP contribution in [0.5, 0.6) is 0 Å². The molecule has 0 aliphatic heterocycles. The Bertz CT molecular complexity index is 294. The summed E-state index contributed by atoms with van der Waals surface area (Å²) in [5.41, 5.74) is 0. The Morgan fingerprint density at radius 3 is 2.93 bits per heavy atom. The molecule has 0 fully saturated rings. The standard InChI is InChI=1S/C12H20N2O/c1-3-4-5-6-7-8-11(15)12-13-9-10-14(12)2/h3,9-11,15H,1,4-8H2,2H3. The molecule has 0 saturated heterocycles. The van der Waals surface area contributed by atoms with Gasteiger partial charge < -0.3 is 9.67 Å². The van der Waals surface area contributed by atoms with Crippen LogP contribution in [0, 0.1) is 0 Å². The Hall–Kier alpha value is -1.09. The number of aliphatic hydroxyl groups excluding tert-OH is 1. The molecule has 84 valence electrons. The van der Waals surface area contributed by atoms with E-state index < -0.39 is 6.10 Å². The topological polar surface area (TPSA) is 38.1 Å². The van der Waals surface area contributed by atoms with Crippen LogP contribution in [0.25, 0.3) is 0 Å². The number of hydrogen-bond donors (Lipinski definition) is 1. The van der Waals surface area contributed by atoms with Crippen molar-refractivity contribution in [1.29, 1.82) is 0 Å². The zero-order chi connectivity index (χ0) is 11.1. The van der Waals surface area contributed by atoms with E-state index in [4.69, 9.17) is 0 Å². The fourth-order valence-corrected chi connectivity index (χ4v) is 1.63. The lowest BCUT2D eigenvalue weighted by Gasteiger charge is -2.09.